The highest BCUT2D eigenvalue weighted by Gasteiger charge is 2.33. The molecule has 0 bridgehead atoms. The van der Waals surface area contributed by atoms with E-state index in [9.17, 15) is 9.90 Å². The van der Waals surface area contributed by atoms with Crippen LogP contribution in [0.15, 0.2) is 29.4 Å². The Kier molecular flexibility index (Phi) is 2.67. The Labute approximate surface area is 114 Å². The normalized spacial score (nSPS) is 14.1. The molecule has 3 rings (SSSR count). The van der Waals surface area contributed by atoms with E-state index in [1.807, 2.05) is 6.26 Å². The maximum absolute atomic E-state index is 12.4. The van der Waals surface area contributed by atoms with E-state index in [0.29, 0.717) is 22.1 Å². The number of fused-ring (bicyclic) bond motifs is 1. The SMILES string of the molecule is CSc1nnc(C2=C(O)c3ccccc3C2=O)n1C. The Hall–Kier alpha value is -2.08. The van der Waals surface area contributed by atoms with E-state index in [2.05, 4.69) is 10.2 Å². The van der Waals surface area contributed by atoms with Crippen LogP contribution in [-0.4, -0.2) is 31.9 Å². The van der Waals surface area contributed by atoms with Gasteiger partial charge in [-0.2, -0.15) is 0 Å². The van der Waals surface area contributed by atoms with Gasteiger partial charge in [0.05, 0.1) is 0 Å². The Bertz CT molecular complexity index is 718. The zero-order chi connectivity index (χ0) is 13.6. The lowest BCUT2D eigenvalue weighted by Crippen LogP contribution is -2.05. The first-order valence-corrected chi connectivity index (χ1v) is 6.88. The maximum Gasteiger partial charge on any atom is 0.201 e. The fourth-order valence-corrected chi connectivity index (χ4v) is 2.67. The molecule has 1 aliphatic carbocycles. The van der Waals surface area contributed by atoms with Gasteiger partial charge in [0.1, 0.15) is 11.3 Å². The minimum absolute atomic E-state index is 0.0243. The van der Waals surface area contributed by atoms with E-state index in [4.69, 9.17) is 0 Å². The lowest BCUT2D eigenvalue weighted by molar-refractivity contribution is 0.105. The van der Waals surface area contributed by atoms with Crippen molar-refractivity contribution in [3.05, 3.63) is 41.2 Å². The molecule has 0 atom stereocenters. The standard InChI is InChI=1S/C13H11N3O2S/c1-16-12(14-15-13(16)19-2)9-10(17)7-5-3-4-6-8(7)11(9)18/h3-6,17H,1-2H3. The summed E-state index contributed by atoms with van der Waals surface area (Å²) in [6.07, 6.45) is 1.88. The molecular formula is C13H11N3O2S. The smallest absolute Gasteiger partial charge is 0.201 e. The van der Waals surface area contributed by atoms with Gasteiger partial charge in [0.15, 0.2) is 11.0 Å². The number of carbonyl (C=O) groups excluding carboxylic acids is 1. The summed E-state index contributed by atoms with van der Waals surface area (Å²) in [5, 5.41) is 18.9. The molecule has 0 radical (unpaired) electrons. The Morgan fingerprint density at radius 3 is 2.47 bits per heavy atom. The van der Waals surface area contributed by atoms with Gasteiger partial charge in [0.2, 0.25) is 5.78 Å². The molecule has 0 unspecified atom stereocenters. The first-order valence-electron chi connectivity index (χ1n) is 5.66. The molecule has 0 fully saturated rings. The fourth-order valence-electron chi connectivity index (χ4n) is 2.18. The van der Waals surface area contributed by atoms with Gasteiger partial charge in [-0.3, -0.25) is 4.79 Å². The quantitative estimate of drug-likeness (QED) is 0.849. The zero-order valence-corrected chi connectivity index (χ0v) is 11.2. The second-order valence-electron chi connectivity index (χ2n) is 4.17. The van der Waals surface area contributed by atoms with Gasteiger partial charge < -0.3 is 9.67 Å². The second-order valence-corrected chi connectivity index (χ2v) is 4.94. The molecule has 1 aromatic carbocycles. The second kappa shape index (κ2) is 4.24. The number of hydrogen-bond acceptors (Lipinski definition) is 5. The third-order valence-corrected chi connectivity index (χ3v) is 3.85. The van der Waals surface area contributed by atoms with E-state index in [1.165, 1.54) is 11.8 Å². The number of nitrogens with zero attached hydrogens (tertiary/aromatic N) is 3. The third kappa shape index (κ3) is 1.60. The number of hydrogen-bond donors (Lipinski definition) is 1. The minimum Gasteiger partial charge on any atom is -0.506 e. The summed E-state index contributed by atoms with van der Waals surface area (Å²) in [6.45, 7) is 0. The monoisotopic (exact) mass is 273 g/mol. The van der Waals surface area contributed by atoms with E-state index in [0.717, 1.165) is 0 Å². The molecule has 1 N–H and O–H groups in total. The van der Waals surface area contributed by atoms with Gasteiger partial charge in [-0.05, 0) is 6.26 Å². The third-order valence-electron chi connectivity index (χ3n) is 3.13. The van der Waals surface area contributed by atoms with Crippen LogP contribution in [-0.2, 0) is 7.05 Å². The van der Waals surface area contributed by atoms with Crippen molar-refractivity contribution in [1.29, 1.82) is 0 Å². The van der Waals surface area contributed by atoms with E-state index >= 15 is 0 Å². The molecule has 5 nitrogen and oxygen atoms in total. The number of aliphatic hydroxyl groups excluding tert-OH is 1. The molecule has 0 amide bonds. The largest absolute Gasteiger partial charge is 0.506 e. The predicted molar refractivity (Wildman–Crippen MR) is 73.0 cm³/mol. The van der Waals surface area contributed by atoms with Crippen molar-refractivity contribution in [2.75, 3.05) is 6.26 Å². The number of thioether (sulfide) groups is 1. The van der Waals surface area contributed by atoms with Crippen molar-refractivity contribution in [1.82, 2.24) is 14.8 Å². The predicted octanol–water partition coefficient (Wildman–Crippen LogP) is 2.16. The van der Waals surface area contributed by atoms with Crippen LogP contribution in [0.2, 0.25) is 0 Å². The first-order chi connectivity index (χ1) is 9.15. The van der Waals surface area contributed by atoms with Crippen molar-refractivity contribution in [3.8, 4) is 0 Å². The summed E-state index contributed by atoms with van der Waals surface area (Å²) in [7, 11) is 1.78. The molecule has 0 saturated heterocycles. The number of Topliss-reactive ketones (excluding diaryl/α,β-unsaturated/α-hetero) is 1. The highest BCUT2D eigenvalue weighted by molar-refractivity contribution is 7.98. The summed E-state index contributed by atoms with van der Waals surface area (Å²) < 4.78 is 1.71. The molecule has 19 heavy (non-hydrogen) atoms. The van der Waals surface area contributed by atoms with Crippen LogP contribution in [0.25, 0.3) is 11.3 Å². The molecule has 2 aromatic rings. The number of benzene rings is 1. The summed E-state index contributed by atoms with van der Waals surface area (Å²) >= 11 is 1.44. The summed E-state index contributed by atoms with van der Waals surface area (Å²) in [5.74, 6) is 0.156. The van der Waals surface area contributed by atoms with Gasteiger partial charge in [0, 0.05) is 18.2 Å². The summed E-state index contributed by atoms with van der Waals surface area (Å²) in [6, 6.07) is 6.99. The Morgan fingerprint density at radius 1 is 1.21 bits per heavy atom. The van der Waals surface area contributed by atoms with Gasteiger partial charge in [-0.15, -0.1) is 10.2 Å². The van der Waals surface area contributed by atoms with Crippen molar-refractivity contribution in [2.24, 2.45) is 7.05 Å². The molecule has 1 heterocycles. The van der Waals surface area contributed by atoms with Gasteiger partial charge in [-0.25, -0.2) is 0 Å². The molecular weight excluding hydrogens is 262 g/mol. The summed E-state index contributed by atoms with van der Waals surface area (Å²) in [5.41, 5.74) is 1.27. The molecule has 1 aromatic heterocycles. The number of aromatic nitrogens is 3. The van der Waals surface area contributed by atoms with Crippen LogP contribution in [0.3, 0.4) is 0 Å². The number of aliphatic hydroxyl groups is 1. The topological polar surface area (TPSA) is 68.0 Å². The maximum atomic E-state index is 12.4. The summed E-state index contributed by atoms with van der Waals surface area (Å²) in [4.78, 5) is 12.4. The average Bonchev–Trinajstić information content (AvgIpc) is 2.90. The number of carbonyl (C=O) groups is 1. The van der Waals surface area contributed by atoms with Gasteiger partial charge >= 0.3 is 0 Å². The molecule has 0 aliphatic heterocycles. The number of rotatable bonds is 2. The van der Waals surface area contributed by atoms with Crippen molar-refractivity contribution in [2.45, 2.75) is 5.16 Å². The fraction of sp³-hybridized carbons (Fsp3) is 0.154. The lowest BCUT2D eigenvalue weighted by Gasteiger charge is -2.02. The Balaban J connectivity index is 2.20. The van der Waals surface area contributed by atoms with Gasteiger partial charge in [0.25, 0.3) is 0 Å². The van der Waals surface area contributed by atoms with Crippen LogP contribution < -0.4 is 0 Å². The van der Waals surface area contributed by atoms with Crippen molar-refractivity contribution >= 4 is 28.9 Å². The van der Waals surface area contributed by atoms with E-state index < -0.39 is 0 Å². The molecule has 1 aliphatic rings. The number of ketones is 1. The highest BCUT2D eigenvalue weighted by Crippen LogP contribution is 2.36. The van der Waals surface area contributed by atoms with Crippen molar-refractivity contribution < 1.29 is 9.90 Å². The van der Waals surface area contributed by atoms with Gasteiger partial charge in [-0.1, -0.05) is 36.0 Å². The average molecular weight is 273 g/mol. The van der Waals surface area contributed by atoms with E-state index in [-0.39, 0.29) is 17.1 Å². The molecule has 0 saturated carbocycles. The zero-order valence-electron chi connectivity index (χ0n) is 10.4. The Morgan fingerprint density at radius 2 is 1.89 bits per heavy atom. The molecule has 96 valence electrons. The van der Waals surface area contributed by atoms with Crippen LogP contribution in [0, 0.1) is 0 Å². The van der Waals surface area contributed by atoms with Crippen molar-refractivity contribution in [3.63, 3.8) is 0 Å². The molecule has 0 spiro atoms. The highest BCUT2D eigenvalue weighted by atomic mass is 32.2. The van der Waals surface area contributed by atoms with E-state index in [1.54, 1.807) is 35.9 Å². The van der Waals surface area contributed by atoms with Crippen LogP contribution in [0.1, 0.15) is 21.7 Å². The first kappa shape index (κ1) is 12.0. The lowest BCUT2D eigenvalue weighted by atomic mass is 10.1. The molecule has 6 heteroatoms. The minimum atomic E-state index is -0.212. The van der Waals surface area contributed by atoms with Crippen LogP contribution in [0.4, 0.5) is 0 Å². The van der Waals surface area contributed by atoms with Crippen LogP contribution >= 0.6 is 11.8 Å². The van der Waals surface area contributed by atoms with Crippen LogP contribution in [0.5, 0.6) is 0 Å². The number of allylic oxidation sites excluding steroid dienone is 1.